The molecule has 3 aromatic carbocycles. The van der Waals surface area contributed by atoms with Crippen molar-refractivity contribution in [2.45, 2.75) is 26.8 Å². The van der Waals surface area contributed by atoms with Gasteiger partial charge in [0.15, 0.2) is 5.82 Å². The summed E-state index contributed by atoms with van der Waals surface area (Å²) in [5, 5.41) is 3.02. The standard InChI is InChI=1S/C27H28N4O2/c1-3-30(4-2)26-27(33)31(24-17-11-10-16-23(24)29-26)19-25(32)28-22-15-9-8-14-21(22)18-20-12-6-5-7-13-20/h5-17H,3-4,18-19H2,1-2H3,(H,28,32). The number of anilines is 2. The minimum atomic E-state index is -0.259. The largest absolute Gasteiger partial charge is 0.353 e. The molecule has 168 valence electrons. The molecule has 0 aliphatic rings. The van der Waals surface area contributed by atoms with E-state index < -0.39 is 0 Å². The number of para-hydroxylation sites is 3. The third kappa shape index (κ3) is 4.95. The molecule has 4 aromatic rings. The Morgan fingerprint density at radius 2 is 1.58 bits per heavy atom. The number of nitrogens with one attached hydrogen (secondary N) is 1. The number of carbonyl (C=O) groups excluding carboxylic acids is 1. The van der Waals surface area contributed by atoms with Crippen molar-refractivity contribution in [3.05, 3.63) is 100 Å². The summed E-state index contributed by atoms with van der Waals surface area (Å²) >= 11 is 0. The number of benzene rings is 3. The Morgan fingerprint density at radius 1 is 0.909 bits per heavy atom. The summed E-state index contributed by atoms with van der Waals surface area (Å²) in [5.41, 5.74) is 4.02. The van der Waals surface area contributed by atoms with Gasteiger partial charge in [-0.15, -0.1) is 0 Å². The molecule has 0 aliphatic carbocycles. The zero-order chi connectivity index (χ0) is 23.2. The van der Waals surface area contributed by atoms with Gasteiger partial charge in [-0.1, -0.05) is 60.7 Å². The van der Waals surface area contributed by atoms with Gasteiger partial charge in [-0.05, 0) is 49.6 Å². The van der Waals surface area contributed by atoms with Gasteiger partial charge in [-0.25, -0.2) is 4.98 Å². The lowest BCUT2D eigenvalue weighted by molar-refractivity contribution is -0.116. The van der Waals surface area contributed by atoms with E-state index in [4.69, 9.17) is 0 Å². The Hall–Kier alpha value is -3.93. The molecule has 0 bridgehead atoms. The molecule has 0 atom stereocenters. The number of fused-ring (bicyclic) bond motifs is 1. The minimum Gasteiger partial charge on any atom is -0.353 e. The van der Waals surface area contributed by atoms with Crippen molar-refractivity contribution in [2.24, 2.45) is 0 Å². The highest BCUT2D eigenvalue weighted by Crippen LogP contribution is 2.20. The molecule has 6 nitrogen and oxygen atoms in total. The molecule has 0 saturated heterocycles. The first-order valence-corrected chi connectivity index (χ1v) is 11.3. The van der Waals surface area contributed by atoms with Gasteiger partial charge >= 0.3 is 0 Å². The number of nitrogens with zero attached hydrogens (tertiary/aromatic N) is 3. The molecule has 0 unspecified atom stereocenters. The van der Waals surface area contributed by atoms with Crippen LogP contribution in [0.5, 0.6) is 0 Å². The van der Waals surface area contributed by atoms with Crippen LogP contribution in [0.15, 0.2) is 83.7 Å². The number of carbonyl (C=O) groups is 1. The highest BCUT2D eigenvalue weighted by Gasteiger charge is 2.17. The molecule has 6 heteroatoms. The first kappa shape index (κ1) is 22.3. The van der Waals surface area contributed by atoms with E-state index in [0.29, 0.717) is 36.4 Å². The maximum absolute atomic E-state index is 13.3. The summed E-state index contributed by atoms with van der Waals surface area (Å²) in [6.07, 6.45) is 0.710. The molecule has 1 aromatic heterocycles. The monoisotopic (exact) mass is 440 g/mol. The molecule has 0 aliphatic heterocycles. The Balaban J connectivity index is 1.64. The second kappa shape index (κ2) is 10.1. The van der Waals surface area contributed by atoms with Crippen LogP contribution < -0.4 is 15.8 Å². The maximum atomic E-state index is 13.3. The van der Waals surface area contributed by atoms with E-state index in [-0.39, 0.29) is 18.0 Å². The Bertz CT molecular complexity index is 1310. The number of amides is 1. The highest BCUT2D eigenvalue weighted by atomic mass is 16.2. The van der Waals surface area contributed by atoms with Crippen LogP contribution >= 0.6 is 0 Å². The van der Waals surface area contributed by atoms with Gasteiger partial charge in [0.05, 0.1) is 11.0 Å². The molecular weight excluding hydrogens is 412 g/mol. The average molecular weight is 441 g/mol. The summed E-state index contributed by atoms with van der Waals surface area (Å²) in [6, 6.07) is 25.3. The van der Waals surface area contributed by atoms with Crippen molar-refractivity contribution in [1.29, 1.82) is 0 Å². The lowest BCUT2D eigenvalue weighted by Gasteiger charge is -2.21. The van der Waals surface area contributed by atoms with Crippen LogP contribution in [0.3, 0.4) is 0 Å². The van der Waals surface area contributed by atoms with Crippen LogP contribution in [0.25, 0.3) is 11.0 Å². The fourth-order valence-electron chi connectivity index (χ4n) is 4.01. The molecule has 1 N–H and O–H groups in total. The van der Waals surface area contributed by atoms with E-state index in [1.54, 1.807) is 0 Å². The topological polar surface area (TPSA) is 67.2 Å². The Kier molecular flexibility index (Phi) is 6.83. The van der Waals surface area contributed by atoms with Crippen LogP contribution in [-0.2, 0) is 17.8 Å². The third-order valence-electron chi connectivity index (χ3n) is 5.73. The molecule has 1 amide bonds. The van der Waals surface area contributed by atoms with Crippen molar-refractivity contribution >= 4 is 28.4 Å². The third-order valence-corrected chi connectivity index (χ3v) is 5.73. The van der Waals surface area contributed by atoms with Gasteiger partial charge in [0.1, 0.15) is 6.54 Å². The first-order valence-electron chi connectivity index (χ1n) is 11.3. The van der Waals surface area contributed by atoms with Crippen LogP contribution in [0.4, 0.5) is 11.5 Å². The minimum absolute atomic E-state index is 0.0875. The number of hydrogen-bond donors (Lipinski definition) is 1. The lowest BCUT2D eigenvalue weighted by Crippen LogP contribution is -2.35. The van der Waals surface area contributed by atoms with Crippen molar-refractivity contribution in [3.8, 4) is 0 Å². The van der Waals surface area contributed by atoms with Gasteiger partial charge in [-0.3, -0.25) is 14.2 Å². The summed E-state index contributed by atoms with van der Waals surface area (Å²) in [6.45, 7) is 5.21. The van der Waals surface area contributed by atoms with Crippen molar-refractivity contribution in [3.63, 3.8) is 0 Å². The van der Waals surface area contributed by atoms with Crippen LogP contribution in [0, 0.1) is 0 Å². The fraction of sp³-hybridized carbons (Fsp3) is 0.222. The SMILES string of the molecule is CCN(CC)c1nc2ccccc2n(CC(=O)Nc2ccccc2Cc2ccccc2)c1=O. The summed E-state index contributed by atoms with van der Waals surface area (Å²) < 4.78 is 1.52. The number of rotatable bonds is 8. The maximum Gasteiger partial charge on any atom is 0.294 e. The molecular formula is C27H28N4O2. The zero-order valence-electron chi connectivity index (χ0n) is 19.0. The average Bonchev–Trinajstić information content (AvgIpc) is 2.84. The van der Waals surface area contributed by atoms with Crippen molar-refractivity contribution < 1.29 is 4.79 Å². The molecule has 1 heterocycles. The second-order valence-corrected chi connectivity index (χ2v) is 7.86. The number of hydrogen-bond acceptors (Lipinski definition) is 4. The molecule has 33 heavy (non-hydrogen) atoms. The summed E-state index contributed by atoms with van der Waals surface area (Å²) in [7, 11) is 0. The van der Waals surface area contributed by atoms with E-state index in [0.717, 1.165) is 11.3 Å². The van der Waals surface area contributed by atoms with Gasteiger partial charge < -0.3 is 10.2 Å². The molecule has 0 radical (unpaired) electrons. The molecule has 0 saturated carbocycles. The van der Waals surface area contributed by atoms with E-state index in [9.17, 15) is 9.59 Å². The van der Waals surface area contributed by atoms with E-state index >= 15 is 0 Å². The van der Waals surface area contributed by atoms with Crippen LogP contribution in [0.2, 0.25) is 0 Å². The van der Waals surface area contributed by atoms with E-state index in [2.05, 4.69) is 22.4 Å². The van der Waals surface area contributed by atoms with Gasteiger partial charge in [0.25, 0.3) is 5.56 Å². The lowest BCUT2D eigenvalue weighted by atomic mass is 10.0. The van der Waals surface area contributed by atoms with Gasteiger partial charge in [0.2, 0.25) is 5.91 Å². The molecule has 0 spiro atoms. The van der Waals surface area contributed by atoms with Crippen LogP contribution in [0.1, 0.15) is 25.0 Å². The Morgan fingerprint density at radius 3 is 2.33 bits per heavy atom. The zero-order valence-corrected chi connectivity index (χ0v) is 19.0. The predicted octanol–water partition coefficient (Wildman–Crippen LogP) is 4.47. The normalized spacial score (nSPS) is 10.8. The van der Waals surface area contributed by atoms with Crippen molar-refractivity contribution in [1.82, 2.24) is 9.55 Å². The predicted molar refractivity (Wildman–Crippen MR) is 134 cm³/mol. The quantitative estimate of drug-likeness (QED) is 0.439. The summed E-state index contributed by atoms with van der Waals surface area (Å²) in [4.78, 5) is 32.9. The van der Waals surface area contributed by atoms with Gasteiger partial charge in [-0.2, -0.15) is 0 Å². The Labute approximate surface area is 193 Å². The summed E-state index contributed by atoms with van der Waals surface area (Å²) in [5.74, 6) is 0.121. The van der Waals surface area contributed by atoms with Crippen LogP contribution in [-0.4, -0.2) is 28.5 Å². The van der Waals surface area contributed by atoms with Gasteiger partial charge in [0, 0.05) is 18.8 Å². The second-order valence-electron chi connectivity index (χ2n) is 7.86. The molecule has 4 rings (SSSR count). The highest BCUT2D eigenvalue weighted by molar-refractivity contribution is 5.92. The fourth-order valence-corrected chi connectivity index (χ4v) is 4.01. The number of aromatic nitrogens is 2. The first-order chi connectivity index (χ1) is 16.1. The van der Waals surface area contributed by atoms with Crippen molar-refractivity contribution in [2.75, 3.05) is 23.3 Å². The van der Waals surface area contributed by atoms with E-state index in [1.165, 1.54) is 10.1 Å². The smallest absolute Gasteiger partial charge is 0.294 e. The molecule has 0 fully saturated rings. The van der Waals surface area contributed by atoms with E-state index in [1.807, 2.05) is 85.5 Å².